The minimum Gasteiger partial charge on any atom is -0.357 e. The highest BCUT2D eigenvalue weighted by molar-refractivity contribution is 7.99. The van der Waals surface area contributed by atoms with Crippen molar-refractivity contribution in [3.8, 4) is 0 Å². The molecule has 0 heterocycles. The van der Waals surface area contributed by atoms with Crippen LogP contribution in [0.4, 0.5) is 4.39 Å². The first-order chi connectivity index (χ1) is 12.0. The molecule has 1 aromatic carbocycles. The summed E-state index contributed by atoms with van der Waals surface area (Å²) in [4.78, 5) is 4.09. The molecule has 25 heavy (non-hydrogen) atoms. The van der Waals surface area contributed by atoms with Gasteiger partial charge in [-0.15, -0.1) is 0 Å². The van der Waals surface area contributed by atoms with Crippen LogP contribution in [0.15, 0.2) is 34.2 Å². The first-order valence-corrected chi connectivity index (χ1v) is 11.4. The molecule has 140 valence electrons. The van der Waals surface area contributed by atoms with Crippen LogP contribution in [0.5, 0.6) is 0 Å². The lowest BCUT2D eigenvalue weighted by atomic mass is 10.2. The number of thioether (sulfide) groups is 1. The van der Waals surface area contributed by atoms with Gasteiger partial charge in [0.2, 0.25) is 0 Å². The van der Waals surface area contributed by atoms with Crippen molar-refractivity contribution < 1.29 is 12.8 Å². The van der Waals surface area contributed by atoms with Crippen LogP contribution in [0, 0.1) is 5.82 Å². The predicted octanol–water partition coefficient (Wildman–Crippen LogP) is 2.44. The average Bonchev–Trinajstić information content (AvgIpc) is 3.02. The molecule has 2 N–H and O–H groups in total. The topological polar surface area (TPSA) is 70.6 Å². The number of nitrogens with one attached hydrogen (secondary N) is 2. The Balaban J connectivity index is 1.96. The summed E-state index contributed by atoms with van der Waals surface area (Å²) in [5.41, 5.74) is 0. The third-order valence-corrected chi connectivity index (χ3v) is 7.02. The molecular weight excluding hydrogens is 361 g/mol. The summed E-state index contributed by atoms with van der Waals surface area (Å²) in [5, 5.41) is 7.19. The Kier molecular flexibility index (Phi) is 7.56. The minimum absolute atomic E-state index is 0.0880. The van der Waals surface area contributed by atoms with Gasteiger partial charge in [-0.25, -0.2) is 12.8 Å². The average molecular weight is 388 g/mol. The lowest BCUT2D eigenvalue weighted by molar-refractivity contribution is 0.567. The van der Waals surface area contributed by atoms with Gasteiger partial charge in [0.25, 0.3) is 0 Å². The van der Waals surface area contributed by atoms with Gasteiger partial charge in [0, 0.05) is 17.8 Å². The minimum atomic E-state index is -3.68. The van der Waals surface area contributed by atoms with Crippen LogP contribution in [-0.4, -0.2) is 50.8 Å². The molecule has 0 aliphatic heterocycles. The highest BCUT2D eigenvalue weighted by Crippen LogP contribution is 2.28. The monoisotopic (exact) mass is 387 g/mol. The van der Waals surface area contributed by atoms with E-state index in [-0.39, 0.29) is 17.2 Å². The zero-order valence-corrected chi connectivity index (χ0v) is 16.3. The van der Waals surface area contributed by atoms with Gasteiger partial charge in [0.05, 0.1) is 12.3 Å². The number of benzene rings is 1. The van der Waals surface area contributed by atoms with Gasteiger partial charge < -0.3 is 10.6 Å². The maximum atomic E-state index is 13.7. The Morgan fingerprint density at radius 1 is 1.36 bits per heavy atom. The standard InChI is InChI=1S/C17H26FN3O2S2/c1-3-19-17(21-13-8-9-14(12-13)24-2)20-10-11-25(22,23)16-7-5-4-6-15(16)18/h4-7,13-14H,3,8-12H2,1-2H3,(H2,19,20,21). The second kappa shape index (κ2) is 9.43. The molecule has 0 spiro atoms. The molecule has 5 nitrogen and oxygen atoms in total. The van der Waals surface area contributed by atoms with E-state index in [1.807, 2.05) is 18.7 Å². The largest absolute Gasteiger partial charge is 0.357 e. The Bertz CT molecular complexity index is 695. The molecule has 0 amide bonds. The number of rotatable bonds is 7. The van der Waals surface area contributed by atoms with Gasteiger partial charge in [-0.05, 0) is 44.6 Å². The molecular formula is C17H26FN3O2S2. The molecule has 2 atom stereocenters. The van der Waals surface area contributed by atoms with Gasteiger partial charge in [0.15, 0.2) is 15.8 Å². The number of sulfone groups is 1. The van der Waals surface area contributed by atoms with Gasteiger partial charge in [-0.1, -0.05) is 12.1 Å². The Labute approximate surface area is 153 Å². The van der Waals surface area contributed by atoms with Crippen LogP contribution in [-0.2, 0) is 9.84 Å². The first-order valence-electron chi connectivity index (χ1n) is 8.51. The maximum absolute atomic E-state index is 13.7. The van der Waals surface area contributed by atoms with Crippen molar-refractivity contribution in [3.63, 3.8) is 0 Å². The molecule has 0 bridgehead atoms. The Hall–Kier alpha value is -1.28. The maximum Gasteiger partial charge on any atom is 0.191 e. The Morgan fingerprint density at radius 3 is 2.76 bits per heavy atom. The van der Waals surface area contributed by atoms with Crippen molar-refractivity contribution in [1.82, 2.24) is 10.6 Å². The van der Waals surface area contributed by atoms with Crippen molar-refractivity contribution >= 4 is 27.6 Å². The van der Waals surface area contributed by atoms with Crippen LogP contribution >= 0.6 is 11.8 Å². The summed E-state index contributed by atoms with van der Waals surface area (Å²) >= 11 is 1.88. The molecule has 8 heteroatoms. The van der Waals surface area contributed by atoms with Crippen LogP contribution < -0.4 is 10.6 Å². The fraction of sp³-hybridized carbons (Fsp3) is 0.588. The fourth-order valence-electron chi connectivity index (χ4n) is 2.88. The number of hydrogen-bond acceptors (Lipinski definition) is 4. The van der Waals surface area contributed by atoms with Gasteiger partial charge in [-0.2, -0.15) is 11.8 Å². The first kappa shape index (κ1) is 20.0. The van der Waals surface area contributed by atoms with Crippen molar-refractivity contribution in [2.24, 2.45) is 4.99 Å². The smallest absolute Gasteiger partial charge is 0.191 e. The van der Waals surface area contributed by atoms with Crippen LogP contribution in [0.2, 0.25) is 0 Å². The van der Waals surface area contributed by atoms with Crippen LogP contribution in [0.3, 0.4) is 0 Å². The summed E-state index contributed by atoms with van der Waals surface area (Å²) < 4.78 is 38.2. The van der Waals surface area contributed by atoms with Gasteiger partial charge >= 0.3 is 0 Å². The van der Waals surface area contributed by atoms with Crippen molar-refractivity contribution in [3.05, 3.63) is 30.1 Å². The van der Waals surface area contributed by atoms with E-state index in [1.54, 1.807) is 0 Å². The van der Waals surface area contributed by atoms with E-state index in [4.69, 9.17) is 0 Å². The van der Waals surface area contributed by atoms with Crippen molar-refractivity contribution in [1.29, 1.82) is 0 Å². The van der Waals surface area contributed by atoms with E-state index >= 15 is 0 Å². The van der Waals surface area contributed by atoms with Gasteiger partial charge in [0.1, 0.15) is 10.7 Å². The molecule has 1 aromatic rings. The summed E-state index contributed by atoms with van der Waals surface area (Å²) in [6, 6.07) is 5.80. The molecule has 0 aromatic heterocycles. The summed E-state index contributed by atoms with van der Waals surface area (Å²) in [7, 11) is -3.68. The number of guanidine groups is 1. The number of aliphatic imine (C=N–C) groups is 1. The number of halogens is 1. The molecule has 0 saturated heterocycles. The molecule has 1 aliphatic rings. The lowest BCUT2D eigenvalue weighted by Gasteiger charge is -2.17. The van der Waals surface area contributed by atoms with E-state index in [1.165, 1.54) is 24.6 Å². The molecule has 1 saturated carbocycles. The van der Waals surface area contributed by atoms with Crippen LogP contribution in [0.25, 0.3) is 0 Å². The van der Waals surface area contributed by atoms with Crippen molar-refractivity contribution in [2.75, 3.05) is 25.1 Å². The van der Waals surface area contributed by atoms with E-state index in [0.717, 1.165) is 18.9 Å². The summed E-state index contributed by atoms with van der Waals surface area (Å²) in [5.74, 6) is -0.314. The quantitative estimate of drug-likeness (QED) is 0.555. The zero-order chi connectivity index (χ0) is 18.3. The molecule has 2 unspecified atom stereocenters. The van der Waals surface area contributed by atoms with Gasteiger partial charge in [-0.3, -0.25) is 4.99 Å². The highest BCUT2D eigenvalue weighted by atomic mass is 32.2. The van der Waals surface area contributed by atoms with E-state index in [0.29, 0.717) is 23.8 Å². The second-order valence-electron chi connectivity index (χ2n) is 6.02. The second-order valence-corrected chi connectivity index (χ2v) is 9.24. The van der Waals surface area contributed by atoms with Crippen molar-refractivity contribution in [2.45, 2.75) is 42.4 Å². The summed E-state index contributed by atoms with van der Waals surface area (Å²) in [6.07, 6.45) is 5.47. The normalized spacial score (nSPS) is 21.3. The Morgan fingerprint density at radius 2 is 2.12 bits per heavy atom. The predicted molar refractivity (Wildman–Crippen MR) is 103 cm³/mol. The third kappa shape index (κ3) is 5.88. The SMILES string of the molecule is CCNC(=NCCS(=O)(=O)c1ccccc1F)NC1CCC(SC)C1. The fourth-order valence-corrected chi connectivity index (χ4v) is 4.88. The van der Waals surface area contributed by atoms with E-state index in [2.05, 4.69) is 21.9 Å². The molecule has 2 rings (SSSR count). The summed E-state index contributed by atoms with van der Waals surface area (Å²) in [6.45, 7) is 2.75. The molecule has 0 radical (unpaired) electrons. The van der Waals surface area contributed by atoms with E-state index < -0.39 is 15.7 Å². The lowest BCUT2D eigenvalue weighted by Crippen LogP contribution is -2.42. The van der Waals surface area contributed by atoms with E-state index in [9.17, 15) is 12.8 Å². The third-order valence-electron chi connectivity index (χ3n) is 4.20. The number of hydrogen-bond donors (Lipinski definition) is 2. The number of nitrogens with zero attached hydrogens (tertiary/aromatic N) is 1. The van der Waals surface area contributed by atoms with Crippen LogP contribution in [0.1, 0.15) is 26.2 Å². The molecule has 1 aliphatic carbocycles. The highest BCUT2D eigenvalue weighted by Gasteiger charge is 2.24. The molecule has 1 fully saturated rings. The zero-order valence-electron chi connectivity index (χ0n) is 14.7.